The van der Waals surface area contributed by atoms with E-state index < -0.39 is 5.60 Å². The van der Waals surface area contributed by atoms with Gasteiger partial charge in [-0.25, -0.2) is 14.6 Å². The molecule has 11 nitrogen and oxygen atoms in total. The average molecular weight is 372 g/mol. The van der Waals surface area contributed by atoms with Crippen LogP contribution in [0.5, 0.6) is 0 Å². The molecule has 1 N–H and O–H groups in total. The van der Waals surface area contributed by atoms with Crippen LogP contribution in [-0.4, -0.2) is 69.0 Å². The van der Waals surface area contributed by atoms with Crippen LogP contribution in [-0.2, 0) is 19.0 Å². The highest BCUT2D eigenvalue weighted by Crippen LogP contribution is 2.31. The zero-order chi connectivity index (χ0) is 19.4. The summed E-state index contributed by atoms with van der Waals surface area (Å²) < 4.78 is 1.58. The molecule has 27 heavy (non-hydrogen) atoms. The predicted molar refractivity (Wildman–Crippen MR) is 97.2 cm³/mol. The van der Waals surface area contributed by atoms with Crippen molar-refractivity contribution in [3.05, 3.63) is 11.6 Å². The van der Waals surface area contributed by atoms with Gasteiger partial charge in [0.15, 0.2) is 17.2 Å². The number of hydrogen-bond donors (Lipinski definition) is 1. The van der Waals surface area contributed by atoms with Gasteiger partial charge < -0.3 is 10.0 Å². The molecule has 0 spiro atoms. The Bertz CT molecular complexity index is 983. The number of hydrogen-bond acceptors (Lipinski definition) is 9. The zero-order valence-electron chi connectivity index (χ0n) is 16.2. The fourth-order valence-electron chi connectivity index (χ4n) is 3.10. The zero-order valence-corrected chi connectivity index (χ0v) is 16.2. The molecule has 0 saturated carbocycles. The molecule has 0 amide bonds. The molecule has 0 aliphatic carbocycles. The van der Waals surface area contributed by atoms with Gasteiger partial charge in [0.1, 0.15) is 12.4 Å². The predicted octanol–water partition coefficient (Wildman–Crippen LogP) is 0.0517. The second kappa shape index (κ2) is 5.91. The van der Waals surface area contributed by atoms with E-state index in [1.54, 1.807) is 11.7 Å². The standard InChI is InChI=1S/C16H24N10O/c1-15(2,3)14-17-12-11(13(18-14)25-7-6-16(4,27)9-25)20-26(21-12)8-10-19-22-23-24(10)5/h27H,6-9H2,1-5H3. The van der Waals surface area contributed by atoms with Crippen LogP contribution >= 0.6 is 0 Å². The molecule has 0 aromatic carbocycles. The third-order valence-corrected chi connectivity index (χ3v) is 4.69. The smallest absolute Gasteiger partial charge is 0.207 e. The monoisotopic (exact) mass is 372 g/mol. The minimum atomic E-state index is -0.737. The maximum absolute atomic E-state index is 10.4. The van der Waals surface area contributed by atoms with Gasteiger partial charge in [0, 0.05) is 25.6 Å². The lowest BCUT2D eigenvalue weighted by Crippen LogP contribution is -2.31. The van der Waals surface area contributed by atoms with Crippen LogP contribution in [0.15, 0.2) is 0 Å². The van der Waals surface area contributed by atoms with E-state index in [1.165, 1.54) is 4.80 Å². The van der Waals surface area contributed by atoms with E-state index in [0.29, 0.717) is 54.7 Å². The normalized spacial score (nSPS) is 20.7. The van der Waals surface area contributed by atoms with E-state index in [9.17, 15) is 5.11 Å². The first-order valence-electron chi connectivity index (χ1n) is 8.94. The molecule has 1 aliphatic rings. The van der Waals surface area contributed by atoms with E-state index in [-0.39, 0.29) is 5.41 Å². The van der Waals surface area contributed by atoms with E-state index in [4.69, 9.17) is 4.98 Å². The molecule has 1 fully saturated rings. The maximum atomic E-state index is 10.4. The Labute approximate surface area is 156 Å². The Hall–Kier alpha value is -2.69. The molecule has 3 aromatic heterocycles. The number of rotatable bonds is 3. The Kier molecular flexibility index (Phi) is 3.88. The van der Waals surface area contributed by atoms with Gasteiger partial charge in [0.2, 0.25) is 5.65 Å². The molecular formula is C16H24N10O. The second-order valence-corrected chi connectivity index (χ2v) is 8.41. The number of β-amino-alcohol motifs (C(OH)–C–C–N with tert-alkyl or cyclic N) is 1. The number of tetrazole rings is 1. The molecule has 0 bridgehead atoms. The van der Waals surface area contributed by atoms with Gasteiger partial charge >= 0.3 is 0 Å². The van der Waals surface area contributed by atoms with Crippen molar-refractivity contribution in [3.8, 4) is 0 Å². The summed E-state index contributed by atoms with van der Waals surface area (Å²) in [4.78, 5) is 13.0. The fraction of sp³-hybridized carbons (Fsp3) is 0.688. The van der Waals surface area contributed by atoms with Crippen molar-refractivity contribution in [2.45, 2.75) is 51.7 Å². The quantitative estimate of drug-likeness (QED) is 0.679. The van der Waals surface area contributed by atoms with Crippen molar-refractivity contribution in [2.24, 2.45) is 7.05 Å². The molecule has 1 saturated heterocycles. The largest absolute Gasteiger partial charge is 0.388 e. The van der Waals surface area contributed by atoms with Crippen LogP contribution in [0.1, 0.15) is 45.8 Å². The van der Waals surface area contributed by atoms with E-state index in [2.05, 4.69) is 56.4 Å². The number of aliphatic hydroxyl groups is 1. The van der Waals surface area contributed by atoms with Crippen LogP contribution in [0, 0.1) is 0 Å². The SMILES string of the molecule is Cn1nnnc1Cn1nc2nc(C(C)(C)C)nc(N3CCC(C)(O)C3)c2n1. The lowest BCUT2D eigenvalue weighted by Gasteiger charge is -2.22. The minimum absolute atomic E-state index is 0.234. The fourth-order valence-corrected chi connectivity index (χ4v) is 3.10. The maximum Gasteiger partial charge on any atom is 0.207 e. The topological polar surface area (TPSA) is 124 Å². The minimum Gasteiger partial charge on any atom is -0.388 e. The Morgan fingerprint density at radius 3 is 2.56 bits per heavy atom. The molecule has 1 atom stereocenters. The third kappa shape index (κ3) is 3.34. The van der Waals surface area contributed by atoms with Gasteiger partial charge in [-0.3, -0.25) is 0 Å². The van der Waals surface area contributed by atoms with Crippen LogP contribution in [0.2, 0.25) is 0 Å². The molecule has 1 aliphatic heterocycles. The summed E-state index contributed by atoms with van der Waals surface area (Å²) in [5.74, 6) is 2.05. The molecule has 4 rings (SSSR count). The summed E-state index contributed by atoms with van der Waals surface area (Å²) in [6, 6.07) is 0. The molecule has 1 unspecified atom stereocenters. The van der Waals surface area contributed by atoms with E-state index >= 15 is 0 Å². The first kappa shape index (κ1) is 17.7. The van der Waals surface area contributed by atoms with Gasteiger partial charge in [0.25, 0.3) is 0 Å². The summed E-state index contributed by atoms with van der Waals surface area (Å²) >= 11 is 0. The number of anilines is 1. The summed E-state index contributed by atoms with van der Waals surface area (Å²) in [7, 11) is 1.77. The first-order chi connectivity index (χ1) is 12.6. The van der Waals surface area contributed by atoms with E-state index in [0.717, 1.165) is 0 Å². The molecule has 0 radical (unpaired) electrons. The molecular weight excluding hydrogens is 348 g/mol. The van der Waals surface area contributed by atoms with Gasteiger partial charge in [-0.15, -0.1) is 15.3 Å². The van der Waals surface area contributed by atoms with Crippen molar-refractivity contribution in [1.82, 2.24) is 45.2 Å². The van der Waals surface area contributed by atoms with Gasteiger partial charge in [-0.1, -0.05) is 20.8 Å². The van der Waals surface area contributed by atoms with Crippen molar-refractivity contribution >= 4 is 17.0 Å². The Balaban J connectivity index is 1.80. The summed E-state index contributed by atoms with van der Waals surface area (Å²) in [6.45, 7) is 9.58. The van der Waals surface area contributed by atoms with Crippen molar-refractivity contribution < 1.29 is 5.11 Å². The molecule has 4 heterocycles. The van der Waals surface area contributed by atoms with Crippen LogP contribution in [0.4, 0.5) is 5.82 Å². The van der Waals surface area contributed by atoms with Crippen molar-refractivity contribution in [3.63, 3.8) is 0 Å². The van der Waals surface area contributed by atoms with Crippen LogP contribution < -0.4 is 4.90 Å². The third-order valence-electron chi connectivity index (χ3n) is 4.69. The number of nitrogens with zero attached hydrogens (tertiary/aromatic N) is 10. The Morgan fingerprint density at radius 1 is 1.19 bits per heavy atom. The number of aromatic nitrogens is 9. The summed E-state index contributed by atoms with van der Waals surface area (Å²) in [5.41, 5.74) is 0.185. The summed E-state index contributed by atoms with van der Waals surface area (Å²) in [6.07, 6.45) is 0.683. The van der Waals surface area contributed by atoms with Crippen molar-refractivity contribution in [1.29, 1.82) is 0 Å². The lowest BCUT2D eigenvalue weighted by atomic mass is 9.96. The van der Waals surface area contributed by atoms with Crippen LogP contribution in [0.3, 0.4) is 0 Å². The van der Waals surface area contributed by atoms with Crippen molar-refractivity contribution in [2.75, 3.05) is 18.0 Å². The highest BCUT2D eigenvalue weighted by Gasteiger charge is 2.34. The molecule has 144 valence electrons. The number of aryl methyl sites for hydroxylation is 1. The lowest BCUT2D eigenvalue weighted by molar-refractivity contribution is 0.0839. The average Bonchev–Trinajstić information content (AvgIpc) is 3.25. The summed E-state index contributed by atoms with van der Waals surface area (Å²) in [5, 5.41) is 31.0. The van der Waals surface area contributed by atoms with Gasteiger partial charge in [-0.2, -0.15) is 4.80 Å². The molecule has 3 aromatic rings. The van der Waals surface area contributed by atoms with Gasteiger partial charge in [-0.05, 0) is 23.8 Å². The van der Waals surface area contributed by atoms with Crippen LogP contribution in [0.25, 0.3) is 11.2 Å². The second-order valence-electron chi connectivity index (χ2n) is 8.41. The van der Waals surface area contributed by atoms with E-state index in [1.807, 2.05) is 6.92 Å². The highest BCUT2D eigenvalue weighted by molar-refractivity contribution is 5.82. The van der Waals surface area contributed by atoms with Gasteiger partial charge in [0.05, 0.1) is 5.60 Å². The highest BCUT2D eigenvalue weighted by atomic mass is 16.3. The first-order valence-corrected chi connectivity index (χ1v) is 8.94. The molecule has 11 heteroatoms. The Morgan fingerprint density at radius 2 is 1.96 bits per heavy atom. The number of fused-ring (bicyclic) bond motifs is 1.